The Bertz CT molecular complexity index is 344. The maximum absolute atomic E-state index is 11.6. The molecule has 1 saturated heterocycles. The molecular formula is C9H13N3O3. The molecule has 1 aliphatic rings. The van der Waals surface area contributed by atoms with Gasteiger partial charge in [0.05, 0.1) is 25.1 Å². The Morgan fingerprint density at radius 3 is 2.93 bits per heavy atom. The number of nitrogen functional groups attached to an aromatic ring is 1. The van der Waals surface area contributed by atoms with Crippen LogP contribution in [0.1, 0.15) is 23.3 Å². The number of aromatic nitrogens is 2. The Morgan fingerprint density at radius 1 is 1.60 bits per heavy atom. The molecule has 0 atom stereocenters. The van der Waals surface area contributed by atoms with Crippen molar-refractivity contribution in [1.82, 2.24) is 10.2 Å². The Kier molecular flexibility index (Phi) is 2.86. The summed E-state index contributed by atoms with van der Waals surface area (Å²) in [6.45, 7) is 1.27. The molecule has 0 unspecified atom stereocenters. The second-order valence-corrected chi connectivity index (χ2v) is 3.42. The third-order valence-electron chi connectivity index (χ3n) is 2.31. The van der Waals surface area contributed by atoms with Crippen LogP contribution >= 0.6 is 0 Å². The van der Waals surface area contributed by atoms with Crippen LogP contribution in [-0.2, 0) is 9.47 Å². The maximum Gasteiger partial charge on any atom is 0.358 e. The lowest BCUT2D eigenvalue weighted by molar-refractivity contribution is -0.0162. The van der Waals surface area contributed by atoms with E-state index >= 15 is 0 Å². The SMILES string of the molecule is Nc1cn[nH]c1C(=O)OC1CCOCC1. The van der Waals surface area contributed by atoms with Gasteiger partial charge in [-0.25, -0.2) is 4.79 Å². The van der Waals surface area contributed by atoms with Gasteiger partial charge in [0.1, 0.15) is 6.10 Å². The fourth-order valence-corrected chi connectivity index (χ4v) is 1.46. The molecule has 3 N–H and O–H groups in total. The largest absolute Gasteiger partial charge is 0.457 e. The molecule has 1 aromatic rings. The molecule has 0 amide bonds. The molecule has 0 aliphatic carbocycles. The van der Waals surface area contributed by atoms with E-state index in [-0.39, 0.29) is 11.8 Å². The number of carbonyl (C=O) groups is 1. The minimum Gasteiger partial charge on any atom is -0.457 e. The zero-order valence-corrected chi connectivity index (χ0v) is 8.23. The van der Waals surface area contributed by atoms with Crippen LogP contribution in [0.25, 0.3) is 0 Å². The van der Waals surface area contributed by atoms with E-state index in [0.717, 1.165) is 12.8 Å². The number of nitrogens with zero attached hydrogens (tertiary/aromatic N) is 1. The van der Waals surface area contributed by atoms with Gasteiger partial charge in [0, 0.05) is 12.8 Å². The third kappa shape index (κ3) is 2.27. The maximum atomic E-state index is 11.6. The Balaban J connectivity index is 1.94. The lowest BCUT2D eigenvalue weighted by Gasteiger charge is -2.21. The van der Waals surface area contributed by atoms with Gasteiger partial charge in [-0.2, -0.15) is 5.10 Å². The standard InChI is InChI=1S/C9H13N3O3/c10-7-5-11-12-8(7)9(13)15-6-1-3-14-4-2-6/h5-6H,1-4,10H2,(H,11,12). The number of H-pyrrole nitrogens is 1. The van der Waals surface area contributed by atoms with Crippen LogP contribution < -0.4 is 5.73 Å². The van der Waals surface area contributed by atoms with E-state index in [4.69, 9.17) is 15.2 Å². The molecule has 2 rings (SSSR count). The molecular weight excluding hydrogens is 198 g/mol. The third-order valence-corrected chi connectivity index (χ3v) is 2.31. The molecule has 0 radical (unpaired) electrons. The fourth-order valence-electron chi connectivity index (χ4n) is 1.46. The normalized spacial score (nSPS) is 17.6. The van der Waals surface area contributed by atoms with Crippen LogP contribution in [-0.4, -0.2) is 35.5 Å². The van der Waals surface area contributed by atoms with Crippen molar-refractivity contribution >= 4 is 11.7 Å². The molecule has 0 bridgehead atoms. The summed E-state index contributed by atoms with van der Waals surface area (Å²) < 4.78 is 10.4. The number of hydrogen-bond donors (Lipinski definition) is 2. The molecule has 15 heavy (non-hydrogen) atoms. The Morgan fingerprint density at radius 2 is 2.33 bits per heavy atom. The lowest BCUT2D eigenvalue weighted by atomic mass is 10.1. The average molecular weight is 211 g/mol. The van der Waals surface area contributed by atoms with Crippen molar-refractivity contribution < 1.29 is 14.3 Å². The smallest absolute Gasteiger partial charge is 0.358 e. The quantitative estimate of drug-likeness (QED) is 0.688. The molecule has 1 aliphatic heterocycles. The molecule has 0 spiro atoms. The number of carbonyl (C=O) groups excluding carboxylic acids is 1. The zero-order valence-electron chi connectivity index (χ0n) is 8.23. The molecule has 82 valence electrons. The highest BCUT2D eigenvalue weighted by Crippen LogP contribution is 2.14. The van der Waals surface area contributed by atoms with Crippen molar-refractivity contribution in [3.8, 4) is 0 Å². The number of hydrogen-bond acceptors (Lipinski definition) is 5. The van der Waals surface area contributed by atoms with Gasteiger partial charge >= 0.3 is 5.97 Å². The number of nitrogens with one attached hydrogen (secondary N) is 1. The van der Waals surface area contributed by atoms with Crippen LogP contribution in [0.5, 0.6) is 0 Å². The minimum atomic E-state index is -0.447. The first-order chi connectivity index (χ1) is 7.27. The highest BCUT2D eigenvalue weighted by atomic mass is 16.6. The summed E-state index contributed by atoms with van der Waals surface area (Å²) in [6.07, 6.45) is 2.79. The molecule has 6 nitrogen and oxygen atoms in total. The van der Waals surface area contributed by atoms with E-state index in [1.165, 1.54) is 6.20 Å². The summed E-state index contributed by atoms with van der Waals surface area (Å²) in [5.74, 6) is -0.447. The second kappa shape index (κ2) is 4.31. The summed E-state index contributed by atoms with van der Waals surface area (Å²) >= 11 is 0. The van der Waals surface area contributed by atoms with Crippen LogP contribution in [0.2, 0.25) is 0 Å². The van der Waals surface area contributed by atoms with E-state index in [1.807, 2.05) is 0 Å². The molecule has 2 heterocycles. The lowest BCUT2D eigenvalue weighted by Crippen LogP contribution is -2.26. The summed E-state index contributed by atoms with van der Waals surface area (Å²) in [5.41, 5.74) is 6.06. The summed E-state index contributed by atoms with van der Waals surface area (Å²) in [4.78, 5) is 11.6. The fraction of sp³-hybridized carbons (Fsp3) is 0.556. The van der Waals surface area contributed by atoms with Gasteiger partial charge in [-0.3, -0.25) is 5.10 Å². The summed E-state index contributed by atoms with van der Waals surface area (Å²) in [5, 5.41) is 6.17. The van der Waals surface area contributed by atoms with E-state index in [2.05, 4.69) is 10.2 Å². The van der Waals surface area contributed by atoms with Crippen LogP contribution in [0.15, 0.2) is 6.20 Å². The van der Waals surface area contributed by atoms with Gasteiger partial charge in [-0.15, -0.1) is 0 Å². The summed E-state index contributed by atoms with van der Waals surface area (Å²) in [7, 11) is 0. The first kappa shape index (κ1) is 9.97. The number of anilines is 1. The Hall–Kier alpha value is -1.56. The van der Waals surface area contributed by atoms with Crippen molar-refractivity contribution in [2.45, 2.75) is 18.9 Å². The van der Waals surface area contributed by atoms with Crippen molar-refractivity contribution in [2.75, 3.05) is 18.9 Å². The van der Waals surface area contributed by atoms with Gasteiger partial charge in [0.15, 0.2) is 5.69 Å². The molecule has 0 saturated carbocycles. The number of rotatable bonds is 2. The first-order valence-electron chi connectivity index (χ1n) is 4.85. The van der Waals surface area contributed by atoms with Gasteiger partial charge < -0.3 is 15.2 Å². The van der Waals surface area contributed by atoms with E-state index < -0.39 is 5.97 Å². The van der Waals surface area contributed by atoms with Gasteiger partial charge in [0.25, 0.3) is 0 Å². The topological polar surface area (TPSA) is 90.2 Å². The van der Waals surface area contributed by atoms with Crippen LogP contribution in [0.3, 0.4) is 0 Å². The highest BCUT2D eigenvalue weighted by molar-refractivity contribution is 5.92. The van der Waals surface area contributed by atoms with Gasteiger partial charge in [-0.05, 0) is 0 Å². The molecule has 1 aromatic heterocycles. The monoisotopic (exact) mass is 211 g/mol. The predicted molar refractivity (Wildman–Crippen MR) is 52.3 cm³/mol. The number of ether oxygens (including phenoxy) is 2. The summed E-state index contributed by atoms with van der Waals surface area (Å²) in [6, 6.07) is 0. The molecule has 6 heteroatoms. The van der Waals surface area contributed by atoms with Gasteiger partial charge in [0.2, 0.25) is 0 Å². The van der Waals surface area contributed by atoms with E-state index in [9.17, 15) is 4.79 Å². The second-order valence-electron chi connectivity index (χ2n) is 3.42. The van der Waals surface area contributed by atoms with Crippen molar-refractivity contribution in [3.05, 3.63) is 11.9 Å². The number of esters is 1. The zero-order chi connectivity index (χ0) is 10.7. The van der Waals surface area contributed by atoms with E-state index in [1.54, 1.807) is 0 Å². The highest BCUT2D eigenvalue weighted by Gasteiger charge is 2.21. The van der Waals surface area contributed by atoms with Crippen molar-refractivity contribution in [1.29, 1.82) is 0 Å². The first-order valence-corrected chi connectivity index (χ1v) is 4.85. The van der Waals surface area contributed by atoms with E-state index in [0.29, 0.717) is 18.9 Å². The predicted octanol–water partition coefficient (Wildman–Crippen LogP) is 0.328. The van der Waals surface area contributed by atoms with Crippen LogP contribution in [0, 0.1) is 0 Å². The van der Waals surface area contributed by atoms with Gasteiger partial charge in [-0.1, -0.05) is 0 Å². The van der Waals surface area contributed by atoms with Crippen molar-refractivity contribution in [3.63, 3.8) is 0 Å². The average Bonchev–Trinajstić information content (AvgIpc) is 2.66. The number of nitrogens with two attached hydrogens (primary N) is 1. The number of aromatic amines is 1. The van der Waals surface area contributed by atoms with Crippen molar-refractivity contribution in [2.24, 2.45) is 0 Å². The molecule has 1 fully saturated rings. The minimum absolute atomic E-state index is 0.0750. The Labute approximate surface area is 86.7 Å². The van der Waals surface area contributed by atoms with Crippen LogP contribution in [0.4, 0.5) is 5.69 Å². The molecule has 0 aromatic carbocycles.